The number of rotatable bonds is 53. The highest BCUT2D eigenvalue weighted by Gasteiger charge is 2.38. The fourth-order valence-electron chi connectivity index (χ4n) is 12.2. The van der Waals surface area contributed by atoms with Crippen LogP contribution in [-0.4, -0.2) is 163 Å². The number of Topliss-reactive ketones (excluding diaryl/α,β-unsaturated/α-hetero) is 1. The zero-order valence-electron chi connectivity index (χ0n) is 84.2. The van der Waals surface area contributed by atoms with Gasteiger partial charge in [-0.2, -0.15) is 21.0 Å². The largest absolute Gasteiger partial charge is 0.469 e. The van der Waals surface area contributed by atoms with Crippen LogP contribution in [0.4, 0.5) is 5.69 Å². The van der Waals surface area contributed by atoms with Gasteiger partial charge < -0.3 is 38.7 Å². The number of carbonyl (C=O) groups excluding carboxylic acids is 4. The van der Waals surface area contributed by atoms with Gasteiger partial charge in [0.15, 0.2) is 20.5 Å². The highest BCUT2D eigenvalue weighted by atomic mass is 32.2. The summed E-state index contributed by atoms with van der Waals surface area (Å²) in [5.74, 6) is -2.00. The second-order valence-electron chi connectivity index (χ2n) is 32.5. The minimum atomic E-state index is -4.07. The molecule has 0 aliphatic carbocycles. The summed E-state index contributed by atoms with van der Waals surface area (Å²) in [4.78, 5) is 60.2. The number of allylic oxidation sites excluding steroid dienone is 18. The molecule has 5 aromatic rings. The number of carbonyl (C=O) groups is 4. The standard InChI is InChI=1S/C28H41NO8S.C18H29N3.C18H26O2S.C17H23NO3S.C15H21NO2S.C13H11N3/c1-8-28(5,18-17-27(3,4)25(31)35-7)26(32)37-21-20-29(6)19-13-16-23(24(30)36-9-2)38(33,34)22-14-11-10-12-15-22;1-3-5-7-9-13-21(14-10-8-6-4-2)15-11-12-18(16-19)17-20;1-3-4-5-6-7-8-9-11-14-17(2)21(19,20)18-15-12-10-13-16-18;1-4-18(5-2)13-9-12-17(22(3,20)21)16(19)14-15-10-7-6-8-11-15;1-4-16(5-2)13-9-10-14(3)19(17,18)15-11-7-6-8-12-15;1-16(13-7-3-2-4-8-13)9-5-6-12(10-14)11-15/h10-16,19H,8-9,17-18,20-21H2,1-7H3;11-12,15H,3-10,13-14H2,1-2H3;9-16H,3-8H2,1-2H3;6-13H,4-5,14H2,1-3H3;6-13H,4-5H2,1-3H3;2-9H,1H3. The molecule has 5 rings (SSSR count). The number of benzene rings is 5. The monoisotopic (exact) mass is 1950 g/mol. The summed E-state index contributed by atoms with van der Waals surface area (Å²) in [6.07, 6.45) is 50.3. The van der Waals surface area contributed by atoms with Crippen molar-refractivity contribution < 1.29 is 67.1 Å². The number of methoxy groups -OCH3 is 1. The predicted molar refractivity (Wildman–Crippen MR) is 556 cm³/mol. The van der Waals surface area contributed by atoms with E-state index in [4.69, 9.17) is 35.3 Å². The van der Waals surface area contributed by atoms with Crippen LogP contribution in [0.15, 0.2) is 307 Å². The van der Waals surface area contributed by atoms with E-state index >= 15 is 0 Å². The van der Waals surface area contributed by atoms with Crippen molar-refractivity contribution >= 4 is 68.7 Å². The lowest BCUT2D eigenvalue weighted by molar-refractivity contribution is -0.158. The Morgan fingerprint density at radius 3 is 1.23 bits per heavy atom. The maximum absolute atomic E-state index is 13.0. The molecule has 0 amide bonds. The summed E-state index contributed by atoms with van der Waals surface area (Å²) in [6.45, 7) is 33.0. The Morgan fingerprint density at radius 2 is 0.803 bits per heavy atom. The quantitative estimate of drug-likeness (QED) is 0.00871. The lowest BCUT2D eigenvalue weighted by atomic mass is 9.76. The van der Waals surface area contributed by atoms with E-state index in [-0.39, 0.29) is 52.5 Å². The summed E-state index contributed by atoms with van der Waals surface area (Å²) >= 11 is 0. The highest BCUT2D eigenvalue weighted by molar-refractivity contribution is 7.96. The molecule has 24 nitrogen and oxygen atoms in total. The van der Waals surface area contributed by atoms with E-state index in [0.29, 0.717) is 45.4 Å². The molecule has 746 valence electrons. The number of hydrogen-bond acceptors (Lipinski definition) is 24. The van der Waals surface area contributed by atoms with Crippen molar-refractivity contribution in [1.82, 2.24) is 19.6 Å². The smallest absolute Gasteiger partial charge is 0.350 e. The van der Waals surface area contributed by atoms with Crippen molar-refractivity contribution in [1.29, 1.82) is 21.0 Å². The third-order valence-corrected chi connectivity index (χ3v) is 28.0. The average Bonchev–Trinajstić information content (AvgIpc) is 0.750. The van der Waals surface area contributed by atoms with Crippen molar-refractivity contribution in [3.63, 3.8) is 0 Å². The molecule has 0 N–H and O–H groups in total. The Labute approximate surface area is 822 Å². The molecule has 0 spiro atoms. The number of esters is 3. The molecule has 1 atom stereocenters. The highest BCUT2D eigenvalue weighted by Crippen LogP contribution is 2.36. The number of ketones is 1. The second kappa shape index (κ2) is 72.2. The molecule has 0 aliphatic rings. The maximum atomic E-state index is 13.0. The number of para-hydroxylation sites is 1. The molecule has 0 aromatic heterocycles. The number of likely N-dealkylation sites (N-methyl/N-ethyl adjacent to an activating group) is 1. The number of nitriles is 4. The maximum Gasteiger partial charge on any atom is 0.350 e. The fourth-order valence-corrected chi connectivity index (χ4v) is 16.7. The minimum absolute atomic E-state index is 0.0121. The van der Waals surface area contributed by atoms with E-state index < -0.39 is 66.8 Å². The van der Waals surface area contributed by atoms with E-state index in [1.165, 1.54) is 127 Å². The first-order chi connectivity index (χ1) is 65.3. The number of nitrogens with zero attached hydrogens (tertiary/aromatic N) is 9. The molecule has 0 saturated carbocycles. The molecular weight excluding hydrogens is 1800 g/mol. The molecular formula is C109H151N9O15S4. The number of hydrogen-bond donors (Lipinski definition) is 0. The van der Waals surface area contributed by atoms with Crippen LogP contribution in [0.3, 0.4) is 0 Å². The number of ether oxygens (including phenoxy) is 3. The van der Waals surface area contributed by atoms with Crippen molar-refractivity contribution in [2.75, 3.05) is 91.4 Å². The van der Waals surface area contributed by atoms with E-state index in [1.54, 1.807) is 187 Å². The van der Waals surface area contributed by atoms with Gasteiger partial charge in [-0.1, -0.05) is 207 Å². The van der Waals surface area contributed by atoms with Gasteiger partial charge in [-0.15, -0.1) is 0 Å². The third-order valence-electron chi connectivity index (χ3n) is 21.3. The molecule has 0 fully saturated rings. The molecule has 28 heteroatoms. The van der Waals surface area contributed by atoms with Crippen LogP contribution >= 0.6 is 0 Å². The Morgan fingerprint density at radius 1 is 0.416 bits per heavy atom. The van der Waals surface area contributed by atoms with Gasteiger partial charge in [0.05, 0.1) is 45.8 Å². The van der Waals surface area contributed by atoms with Gasteiger partial charge in [0.2, 0.25) is 29.5 Å². The molecule has 137 heavy (non-hydrogen) atoms. The van der Waals surface area contributed by atoms with Crippen LogP contribution in [0.2, 0.25) is 0 Å². The molecule has 0 saturated heterocycles. The zero-order valence-corrected chi connectivity index (χ0v) is 87.5. The number of anilines is 1. The molecule has 0 heterocycles. The lowest BCUT2D eigenvalue weighted by Crippen LogP contribution is -2.34. The lowest BCUT2D eigenvalue weighted by Gasteiger charge is -2.30. The van der Waals surface area contributed by atoms with Gasteiger partial charge in [0, 0.05) is 87.7 Å². The Kier molecular flexibility index (Phi) is 65.8. The average molecular weight is 1960 g/mol. The molecule has 0 radical (unpaired) electrons. The van der Waals surface area contributed by atoms with Crippen molar-refractivity contribution in [2.45, 2.75) is 227 Å². The predicted octanol–water partition coefficient (Wildman–Crippen LogP) is 22.9. The zero-order chi connectivity index (χ0) is 103. The molecule has 0 aliphatic heterocycles. The van der Waals surface area contributed by atoms with Crippen molar-refractivity contribution in [3.05, 3.63) is 298 Å². The van der Waals surface area contributed by atoms with Gasteiger partial charge in [0.1, 0.15) is 46.9 Å². The molecule has 5 aromatic carbocycles. The number of sulfone groups is 4. The van der Waals surface area contributed by atoms with E-state index in [9.17, 15) is 52.8 Å². The Balaban J connectivity index is 0.00000166. The first kappa shape index (κ1) is 125. The van der Waals surface area contributed by atoms with Crippen LogP contribution in [0.5, 0.6) is 0 Å². The van der Waals surface area contributed by atoms with Crippen molar-refractivity contribution in [2.24, 2.45) is 10.8 Å². The van der Waals surface area contributed by atoms with Crippen LogP contribution in [0.25, 0.3) is 0 Å². The first-order valence-electron chi connectivity index (χ1n) is 46.9. The van der Waals surface area contributed by atoms with Gasteiger partial charge in [-0.05, 0) is 260 Å². The van der Waals surface area contributed by atoms with Crippen LogP contribution in [0, 0.1) is 56.2 Å². The summed E-state index contributed by atoms with van der Waals surface area (Å²) in [5.41, 5.74) is 0.640. The minimum Gasteiger partial charge on any atom is -0.469 e. The summed E-state index contributed by atoms with van der Waals surface area (Å²) in [7, 11) is -9.35. The Bertz CT molecular complexity index is 5380. The first-order valence-corrected chi connectivity index (χ1v) is 53.3. The molecule has 0 bridgehead atoms. The van der Waals surface area contributed by atoms with E-state index in [1.807, 2.05) is 148 Å². The summed E-state index contributed by atoms with van der Waals surface area (Å²) in [6, 6.07) is 51.0. The van der Waals surface area contributed by atoms with Crippen molar-refractivity contribution in [3.8, 4) is 24.3 Å². The van der Waals surface area contributed by atoms with E-state index in [2.05, 4.69) is 50.5 Å². The van der Waals surface area contributed by atoms with Gasteiger partial charge in [0.25, 0.3) is 0 Å². The fraction of sp³-hybridized carbons (Fsp3) is 0.431. The van der Waals surface area contributed by atoms with Crippen LogP contribution < -0.4 is 4.90 Å². The van der Waals surface area contributed by atoms with Crippen LogP contribution in [-0.2, 0) is 79.2 Å². The SMILES string of the molecule is CCCCCCCC=CC=C(C)S(=O)(=O)c1ccccc1.CCCCCCN(C=CC=C(C#N)C#N)CCCCCC.CCN(C=CC=C(C(=O)Cc1ccccc1)S(C)(=O)=O)CC.CCN(C=CC=C(C)S(=O)(=O)c1ccccc1)CC.CCOC(=O)C(=CC=CN(C)CCOC(=O)C(C)(CC)CCC(C)(C)C(=O)OC)S(=O)(=O)c1ccccc1.CN(C=CC=C(C#N)C#N)c1ccccc1. The van der Waals surface area contributed by atoms with Gasteiger partial charge in [-0.3, -0.25) is 14.4 Å². The molecule has 1 unspecified atom stereocenters. The number of unbranched alkanes of at least 4 members (excludes halogenated alkanes) is 11. The Hall–Kier alpha value is -12.2. The third kappa shape index (κ3) is 52.6. The normalized spacial score (nSPS) is 12.3. The second-order valence-corrected chi connectivity index (χ2v) is 40.7. The van der Waals surface area contributed by atoms with E-state index in [0.717, 1.165) is 63.2 Å². The summed E-state index contributed by atoms with van der Waals surface area (Å²) in [5, 5.41) is 34.4. The topological polar surface area (TPSA) is 344 Å². The van der Waals surface area contributed by atoms with Gasteiger partial charge in [-0.25, -0.2) is 38.5 Å². The van der Waals surface area contributed by atoms with Gasteiger partial charge >= 0.3 is 17.9 Å². The summed E-state index contributed by atoms with van der Waals surface area (Å²) < 4.78 is 114. The van der Waals surface area contributed by atoms with Crippen LogP contribution in [0.1, 0.15) is 212 Å².